The third kappa shape index (κ3) is 23.6. The molecule has 0 saturated heterocycles. The third-order valence-electron chi connectivity index (χ3n) is 2.06. The largest absolute Gasteiger partial charge is 0.300 e. The van der Waals surface area contributed by atoms with Crippen molar-refractivity contribution in [2.24, 2.45) is 11.8 Å². The highest BCUT2D eigenvalue weighted by molar-refractivity contribution is 6.35. The molecule has 0 radical (unpaired) electrons. The second-order valence-electron chi connectivity index (χ2n) is 5.30. The number of Topliss-reactive ketones (excluding diaryl/α,β-unsaturated/α-hetero) is 2. The maximum absolute atomic E-state index is 10.0. The summed E-state index contributed by atoms with van der Waals surface area (Å²) in [6, 6.07) is 0. The van der Waals surface area contributed by atoms with E-state index < -0.39 is 0 Å². The van der Waals surface area contributed by atoms with Crippen molar-refractivity contribution in [1.82, 2.24) is 0 Å². The monoisotopic (exact) mass is 242 g/mol. The van der Waals surface area contributed by atoms with Gasteiger partial charge in [0.25, 0.3) is 0 Å². The minimum atomic E-state index is -0.0625. The molecule has 0 aromatic rings. The van der Waals surface area contributed by atoms with Gasteiger partial charge >= 0.3 is 0 Å². The Hall–Kier alpha value is -0.128. The van der Waals surface area contributed by atoms with E-state index in [1.165, 1.54) is 24.4 Å². The van der Waals surface area contributed by atoms with Gasteiger partial charge in [-0.2, -0.15) is 0 Å². The van der Waals surface area contributed by atoms with Gasteiger partial charge in [-0.3, -0.25) is 9.59 Å². The predicted octanol–water partition coefficient (Wildman–Crippen LogP) is 3.13. The van der Waals surface area contributed by atoms with E-state index in [0.29, 0.717) is 15.2 Å². The molecule has 0 heterocycles. The highest BCUT2D eigenvalue weighted by Gasteiger charge is 1.99. The molecule has 0 fully saturated rings. The van der Waals surface area contributed by atoms with Gasteiger partial charge in [-0.1, -0.05) is 50.1 Å². The SMILES string of the molecule is CC(=O)CC(C)=O.CC(C)[CH2][AlH][CH2]C(C)C. The molecule has 3 heteroatoms. The smallest absolute Gasteiger partial charge is 0.237 e. The number of rotatable bonds is 6. The van der Waals surface area contributed by atoms with Crippen LogP contribution in [0.2, 0.25) is 10.6 Å². The van der Waals surface area contributed by atoms with Crippen LogP contribution < -0.4 is 0 Å². The fraction of sp³-hybridized carbons (Fsp3) is 0.846. The van der Waals surface area contributed by atoms with E-state index >= 15 is 0 Å². The number of ketones is 2. The van der Waals surface area contributed by atoms with E-state index in [4.69, 9.17) is 0 Å². The molecule has 16 heavy (non-hydrogen) atoms. The van der Waals surface area contributed by atoms with Crippen molar-refractivity contribution >= 4 is 26.8 Å². The predicted molar refractivity (Wildman–Crippen MR) is 72.4 cm³/mol. The Balaban J connectivity index is 0. The van der Waals surface area contributed by atoms with Gasteiger partial charge in [-0.15, -0.1) is 0 Å². The third-order valence-corrected chi connectivity index (χ3v) is 5.19. The van der Waals surface area contributed by atoms with Gasteiger partial charge in [0.05, 0.1) is 6.42 Å². The number of carbonyl (C=O) groups excluding carboxylic acids is 2. The fourth-order valence-corrected chi connectivity index (χ4v) is 3.15. The van der Waals surface area contributed by atoms with Gasteiger partial charge < -0.3 is 0 Å². The first kappa shape index (κ1) is 18.2. The Bertz CT molecular complexity index is 178. The van der Waals surface area contributed by atoms with Crippen LogP contribution in [0, 0.1) is 11.8 Å². The van der Waals surface area contributed by atoms with Crippen molar-refractivity contribution in [2.45, 2.75) is 58.5 Å². The summed E-state index contributed by atoms with van der Waals surface area (Å²) in [6.07, 6.45) is 0.0833. The van der Waals surface area contributed by atoms with Gasteiger partial charge in [0, 0.05) is 0 Å². The summed E-state index contributed by atoms with van der Waals surface area (Å²) in [5.74, 6) is 1.78. The molecule has 0 aliphatic rings. The molecule has 0 N–H and O–H groups in total. The van der Waals surface area contributed by atoms with Crippen LogP contribution in [0.25, 0.3) is 0 Å². The first-order valence-corrected chi connectivity index (χ1v) is 8.24. The first-order chi connectivity index (χ1) is 7.25. The minimum absolute atomic E-state index is 0.0625. The maximum atomic E-state index is 10.0. The Morgan fingerprint density at radius 1 is 0.875 bits per heavy atom. The number of hydrogen-bond donors (Lipinski definition) is 0. The van der Waals surface area contributed by atoms with E-state index in [2.05, 4.69) is 27.7 Å². The number of hydrogen-bond acceptors (Lipinski definition) is 2. The Kier molecular flexibility index (Phi) is 13.0. The Morgan fingerprint density at radius 2 is 1.19 bits per heavy atom. The zero-order valence-corrected chi connectivity index (χ0v) is 13.2. The lowest BCUT2D eigenvalue weighted by atomic mass is 10.2. The van der Waals surface area contributed by atoms with Crippen LogP contribution in [-0.2, 0) is 9.59 Å². The molecule has 0 atom stereocenters. The van der Waals surface area contributed by atoms with Crippen molar-refractivity contribution in [3.05, 3.63) is 0 Å². The van der Waals surface area contributed by atoms with Gasteiger partial charge in [0.2, 0.25) is 15.2 Å². The van der Waals surface area contributed by atoms with Gasteiger partial charge in [0.1, 0.15) is 11.6 Å². The topological polar surface area (TPSA) is 34.1 Å². The minimum Gasteiger partial charge on any atom is -0.300 e. The summed E-state index contributed by atoms with van der Waals surface area (Å²) in [4.78, 5) is 20.1. The molecule has 0 aliphatic carbocycles. The highest BCUT2D eigenvalue weighted by atomic mass is 27.1. The molecule has 0 aromatic heterocycles. The van der Waals surface area contributed by atoms with E-state index in [-0.39, 0.29) is 18.0 Å². The lowest BCUT2D eigenvalue weighted by Crippen LogP contribution is -1.99. The van der Waals surface area contributed by atoms with Gasteiger partial charge in [-0.25, -0.2) is 0 Å². The lowest BCUT2D eigenvalue weighted by molar-refractivity contribution is -0.124. The molecule has 0 bridgehead atoms. The molecule has 94 valence electrons. The second kappa shape index (κ2) is 11.4. The molecule has 0 aromatic carbocycles. The van der Waals surface area contributed by atoms with Crippen molar-refractivity contribution < 1.29 is 9.59 Å². The summed E-state index contributed by atoms with van der Waals surface area (Å²) >= 11 is 0.316. The van der Waals surface area contributed by atoms with E-state index in [1.54, 1.807) is 0 Å². The molecule has 0 amide bonds. The van der Waals surface area contributed by atoms with Crippen LogP contribution in [0.4, 0.5) is 0 Å². The van der Waals surface area contributed by atoms with Crippen molar-refractivity contribution in [3.8, 4) is 0 Å². The zero-order valence-electron chi connectivity index (χ0n) is 11.8. The van der Waals surface area contributed by atoms with Crippen LogP contribution in [0.15, 0.2) is 0 Å². The van der Waals surface area contributed by atoms with E-state index in [9.17, 15) is 9.59 Å². The summed E-state index contributed by atoms with van der Waals surface area (Å²) in [6.45, 7) is 12.1. The van der Waals surface area contributed by atoms with Gasteiger partial charge in [0.15, 0.2) is 0 Å². The molecule has 0 rings (SSSR count). The van der Waals surface area contributed by atoms with Crippen LogP contribution in [0.1, 0.15) is 48.0 Å². The second-order valence-corrected chi connectivity index (χ2v) is 7.16. The highest BCUT2D eigenvalue weighted by Crippen LogP contribution is 2.05. The van der Waals surface area contributed by atoms with E-state index in [1.807, 2.05) is 0 Å². The normalized spacial score (nSPS) is 9.75. The lowest BCUT2D eigenvalue weighted by Gasteiger charge is -2.03. The molecule has 2 nitrogen and oxygen atoms in total. The Morgan fingerprint density at radius 3 is 1.31 bits per heavy atom. The molecular weight excluding hydrogens is 215 g/mol. The van der Waals surface area contributed by atoms with Crippen LogP contribution >= 0.6 is 0 Å². The summed E-state index contributed by atoms with van der Waals surface area (Å²) < 4.78 is 0. The van der Waals surface area contributed by atoms with Crippen molar-refractivity contribution in [1.29, 1.82) is 0 Å². The first-order valence-electron chi connectivity index (χ1n) is 6.24. The number of carbonyl (C=O) groups is 2. The summed E-state index contributed by atoms with van der Waals surface area (Å²) in [7, 11) is 0. The summed E-state index contributed by atoms with van der Waals surface area (Å²) in [5, 5.41) is 3.08. The maximum Gasteiger partial charge on any atom is 0.237 e. The van der Waals surface area contributed by atoms with Crippen molar-refractivity contribution in [3.63, 3.8) is 0 Å². The average molecular weight is 242 g/mol. The molecule has 0 unspecified atom stereocenters. The van der Waals surface area contributed by atoms with Crippen LogP contribution in [0.5, 0.6) is 0 Å². The van der Waals surface area contributed by atoms with Crippen LogP contribution in [-0.4, -0.2) is 26.8 Å². The average Bonchev–Trinajstić information content (AvgIpc) is 2.00. The van der Waals surface area contributed by atoms with E-state index in [0.717, 1.165) is 11.8 Å². The Labute approximate surface area is 107 Å². The standard InChI is InChI=1S/C5H8O2.2C4H9.Al.H/c1-4(6)3-5(2)7;2*1-4(2)3;;/h3H2,1-2H3;2*4H,1H2,2-3H3;;. The van der Waals surface area contributed by atoms with Gasteiger partial charge in [-0.05, 0) is 13.8 Å². The van der Waals surface area contributed by atoms with Crippen LogP contribution in [0.3, 0.4) is 0 Å². The molecule has 0 spiro atoms. The quantitative estimate of drug-likeness (QED) is 0.529. The fourth-order valence-electron chi connectivity index (χ4n) is 1.28. The van der Waals surface area contributed by atoms with Crippen molar-refractivity contribution in [2.75, 3.05) is 0 Å². The molecule has 0 aliphatic heterocycles. The molecule has 0 saturated carbocycles. The zero-order chi connectivity index (χ0) is 13.1. The molecular formula is C13H27AlO2. The summed E-state index contributed by atoms with van der Waals surface area (Å²) in [5.41, 5.74) is 0.